The molecule has 0 aromatic heterocycles. The molecule has 0 saturated carbocycles. The van der Waals surface area contributed by atoms with E-state index in [2.05, 4.69) is 0 Å². The van der Waals surface area contributed by atoms with Gasteiger partial charge in [-0.25, -0.2) is 4.79 Å². The number of nitrogens with zero attached hydrogens (tertiary/aromatic N) is 1. The highest BCUT2D eigenvalue weighted by Gasteiger charge is 2.57. The quantitative estimate of drug-likeness (QED) is 0.292. The SMILES string of the molecule is CCOP(=O)(OCC)C(N(OC(C)(C)C(=O)O)C(C)(C)C)C(C)(OC)OC. The first kappa shape index (κ1) is 26.5. The lowest BCUT2D eigenvalue weighted by atomic mass is 10.1. The molecule has 10 heteroatoms. The summed E-state index contributed by atoms with van der Waals surface area (Å²) in [6.45, 7) is 13.3. The maximum Gasteiger partial charge on any atom is 0.355 e. The predicted octanol–water partition coefficient (Wildman–Crippen LogP) is 3.48. The van der Waals surface area contributed by atoms with Crippen molar-refractivity contribution in [2.45, 2.75) is 78.1 Å². The van der Waals surface area contributed by atoms with Crippen molar-refractivity contribution in [2.24, 2.45) is 0 Å². The van der Waals surface area contributed by atoms with Crippen LogP contribution in [0.2, 0.25) is 0 Å². The maximum atomic E-state index is 13.7. The van der Waals surface area contributed by atoms with E-state index >= 15 is 0 Å². The van der Waals surface area contributed by atoms with Crippen molar-refractivity contribution in [3.8, 4) is 0 Å². The number of hydroxylamine groups is 2. The summed E-state index contributed by atoms with van der Waals surface area (Å²) >= 11 is 0. The molecule has 1 N–H and O–H groups in total. The van der Waals surface area contributed by atoms with Crippen LogP contribution in [-0.4, -0.2) is 66.3 Å². The van der Waals surface area contributed by atoms with E-state index < -0.39 is 36.3 Å². The van der Waals surface area contributed by atoms with Crippen molar-refractivity contribution in [3.05, 3.63) is 0 Å². The van der Waals surface area contributed by atoms with Gasteiger partial charge in [-0.2, -0.15) is 5.06 Å². The number of ether oxygens (including phenoxy) is 2. The second kappa shape index (κ2) is 9.78. The average Bonchev–Trinajstić information content (AvgIpc) is 2.53. The molecular formula is C17H36NO8P. The highest BCUT2D eigenvalue weighted by atomic mass is 31.2. The largest absolute Gasteiger partial charge is 0.479 e. The minimum atomic E-state index is -3.89. The van der Waals surface area contributed by atoms with E-state index in [1.165, 1.54) is 33.1 Å². The van der Waals surface area contributed by atoms with Crippen LogP contribution in [0.25, 0.3) is 0 Å². The standard InChI is InChI=1S/C17H36NO8P/c1-11-24-27(21,25-12-2)13(17(8,22-9)23-10)18(15(3,4)5)26-16(6,7)14(19)20/h13H,11-12H2,1-10H3,(H,19,20). The van der Waals surface area contributed by atoms with Crippen LogP contribution in [0.15, 0.2) is 0 Å². The van der Waals surface area contributed by atoms with Crippen molar-refractivity contribution in [3.63, 3.8) is 0 Å². The fraction of sp³-hybridized carbons (Fsp3) is 0.941. The first-order valence-corrected chi connectivity index (χ1v) is 10.5. The van der Waals surface area contributed by atoms with E-state index in [9.17, 15) is 14.5 Å². The molecule has 27 heavy (non-hydrogen) atoms. The van der Waals surface area contributed by atoms with Gasteiger partial charge in [0.15, 0.2) is 17.2 Å². The molecule has 1 atom stereocenters. The molecule has 0 aromatic carbocycles. The van der Waals surface area contributed by atoms with Crippen molar-refractivity contribution in [1.82, 2.24) is 5.06 Å². The van der Waals surface area contributed by atoms with Crippen molar-refractivity contribution < 1.29 is 37.8 Å². The van der Waals surface area contributed by atoms with E-state index in [-0.39, 0.29) is 13.2 Å². The summed E-state index contributed by atoms with van der Waals surface area (Å²) in [6.07, 6.45) is 0. The Morgan fingerprint density at radius 3 is 1.67 bits per heavy atom. The van der Waals surface area contributed by atoms with E-state index in [0.29, 0.717) is 0 Å². The first-order valence-electron chi connectivity index (χ1n) is 8.86. The molecule has 0 aliphatic carbocycles. The minimum Gasteiger partial charge on any atom is -0.479 e. The van der Waals surface area contributed by atoms with Crippen molar-refractivity contribution >= 4 is 13.6 Å². The molecule has 0 aromatic rings. The summed E-state index contributed by atoms with van der Waals surface area (Å²) in [4.78, 5) is 17.5. The Morgan fingerprint density at radius 1 is 1.00 bits per heavy atom. The number of hydrogen-bond acceptors (Lipinski definition) is 8. The van der Waals surface area contributed by atoms with Gasteiger partial charge in [-0.15, -0.1) is 0 Å². The Labute approximate surface area is 162 Å². The fourth-order valence-electron chi connectivity index (χ4n) is 2.30. The van der Waals surface area contributed by atoms with Gasteiger partial charge in [-0.3, -0.25) is 9.40 Å². The van der Waals surface area contributed by atoms with Crippen LogP contribution in [0, 0.1) is 0 Å². The van der Waals surface area contributed by atoms with E-state index in [4.69, 9.17) is 23.4 Å². The predicted molar refractivity (Wildman–Crippen MR) is 101 cm³/mol. The van der Waals surface area contributed by atoms with Crippen LogP contribution < -0.4 is 0 Å². The molecular weight excluding hydrogens is 377 g/mol. The Bertz CT molecular complexity index is 518. The molecule has 0 heterocycles. The van der Waals surface area contributed by atoms with Gasteiger partial charge in [0, 0.05) is 19.8 Å². The molecule has 162 valence electrons. The van der Waals surface area contributed by atoms with Gasteiger partial charge in [0.05, 0.1) is 13.2 Å². The number of methoxy groups -OCH3 is 2. The lowest BCUT2D eigenvalue weighted by molar-refractivity contribution is -0.329. The number of aliphatic carboxylic acids is 1. The smallest absolute Gasteiger partial charge is 0.355 e. The van der Waals surface area contributed by atoms with Gasteiger partial charge in [0.25, 0.3) is 0 Å². The second-order valence-electron chi connectivity index (χ2n) is 7.58. The van der Waals surface area contributed by atoms with E-state index in [1.807, 2.05) is 0 Å². The molecule has 0 radical (unpaired) electrons. The third-order valence-electron chi connectivity index (χ3n) is 3.92. The van der Waals surface area contributed by atoms with Crippen molar-refractivity contribution in [1.29, 1.82) is 0 Å². The monoisotopic (exact) mass is 413 g/mol. The number of rotatable bonds is 12. The van der Waals surface area contributed by atoms with Gasteiger partial charge in [-0.1, -0.05) is 0 Å². The summed E-state index contributed by atoms with van der Waals surface area (Å²) in [5.41, 5.74) is -2.42. The zero-order valence-corrected chi connectivity index (χ0v) is 19.1. The van der Waals surface area contributed by atoms with Gasteiger partial charge in [-0.05, 0) is 55.4 Å². The number of carbonyl (C=O) groups is 1. The summed E-state index contributed by atoms with van der Waals surface area (Å²) in [5, 5.41) is 10.8. The molecule has 0 rings (SSSR count). The van der Waals surface area contributed by atoms with Gasteiger partial charge >= 0.3 is 13.6 Å². The lowest BCUT2D eigenvalue weighted by Crippen LogP contribution is -2.61. The molecule has 0 saturated heterocycles. The Morgan fingerprint density at radius 2 is 1.41 bits per heavy atom. The normalized spacial score (nSPS) is 15.2. The zero-order valence-electron chi connectivity index (χ0n) is 18.2. The number of carboxylic acid groups (broad SMARTS) is 1. The van der Waals surface area contributed by atoms with Crippen LogP contribution in [0.3, 0.4) is 0 Å². The maximum absolute atomic E-state index is 13.7. The van der Waals surface area contributed by atoms with Crippen molar-refractivity contribution in [2.75, 3.05) is 27.4 Å². The topological polar surface area (TPSA) is 104 Å². The molecule has 0 fully saturated rings. The Kier molecular flexibility index (Phi) is 9.59. The zero-order chi connectivity index (χ0) is 21.7. The average molecular weight is 413 g/mol. The van der Waals surface area contributed by atoms with Crippen LogP contribution in [-0.2, 0) is 32.7 Å². The molecule has 1 unspecified atom stereocenters. The molecule has 0 aliphatic heterocycles. The Hall–Kier alpha value is -0.540. The first-order chi connectivity index (χ1) is 12.1. The number of hydrogen-bond donors (Lipinski definition) is 1. The molecule has 0 bridgehead atoms. The molecule has 0 amide bonds. The third-order valence-corrected chi connectivity index (χ3v) is 6.44. The highest BCUT2D eigenvalue weighted by Crippen LogP contribution is 2.59. The highest BCUT2D eigenvalue weighted by molar-refractivity contribution is 7.54. The van der Waals surface area contributed by atoms with E-state index in [0.717, 1.165) is 0 Å². The van der Waals surface area contributed by atoms with Crippen LogP contribution >= 0.6 is 7.60 Å². The fourth-order valence-corrected chi connectivity index (χ4v) is 4.81. The molecule has 0 aliphatic rings. The summed E-state index contributed by atoms with van der Waals surface area (Å²) in [6, 6.07) is 0. The third kappa shape index (κ3) is 6.49. The number of carboxylic acids is 1. The van der Waals surface area contributed by atoms with Crippen LogP contribution in [0.5, 0.6) is 0 Å². The second-order valence-corrected chi connectivity index (χ2v) is 9.66. The van der Waals surface area contributed by atoms with E-state index in [1.54, 1.807) is 41.5 Å². The minimum absolute atomic E-state index is 0.109. The molecule has 0 spiro atoms. The van der Waals surface area contributed by atoms with Gasteiger partial charge in [0.2, 0.25) is 0 Å². The summed E-state index contributed by atoms with van der Waals surface area (Å²) in [5.74, 6) is -3.88. The summed E-state index contributed by atoms with van der Waals surface area (Å²) in [7, 11) is -1.11. The summed E-state index contributed by atoms with van der Waals surface area (Å²) < 4.78 is 35.9. The van der Waals surface area contributed by atoms with Gasteiger partial charge in [0.1, 0.15) is 0 Å². The lowest BCUT2D eigenvalue weighted by Gasteiger charge is -2.49. The van der Waals surface area contributed by atoms with Crippen LogP contribution in [0.1, 0.15) is 55.4 Å². The molecule has 9 nitrogen and oxygen atoms in total. The van der Waals surface area contributed by atoms with Gasteiger partial charge < -0.3 is 23.6 Å². The van der Waals surface area contributed by atoms with Crippen LogP contribution in [0.4, 0.5) is 0 Å². The Balaban J connectivity index is 6.63.